The van der Waals surface area contributed by atoms with E-state index >= 15 is 0 Å². The summed E-state index contributed by atoms with van der Waals surface area (Å²) < 4.78 is 7.44. The number of nitrogens with zero attached hydrogens (tertiary/aromatic N) is 2. The predicted molar refractivity (Wildman–Crippen MR) is 329 cm³/mol. The van der Waals surface area contributed by atoms with Gasteiger partial charge in [0.1, 0.15) is 5.75 Å². The molecule has 0 radical (unpaired) electrons. The first kappa shape index (κ1) is 46.7. The molecule has 374 valence electrons. The van der Waals surface area contributed by atoms with Gasteiger partial charge < -0.3 is 14.5 Å². The van der Waals surface area contributed by atoms with Crippen LogP contribution in [0.15, 0.2) is 289 Å². The van der Waals surface area contributed by atoms with Crippen molar-refractivity contribution in [3.05, 3.63) is 312 Å². The van der Waals surface area contributed by atoms with Gasteiger partial charge in [-0.05, 0) is 176 Å². The summed E-state index contributed by atoms with van der Waals surface area (Å²) in [6.07, 6.45) is 0. The Balaban J connectivity index is 1.01. The van der Waals surface area contributed by atoms with Gasteiger partial charge in [-0.15, -0.1) is 0 Å². The fourth-order valence-electron chi connectivity index (χ4n) is 12.9. The van der Waals surface area contributed by atoms with Gasteiger partial charge in [-0.3, -0.25) is 0 Å². The maximum absolute atomic E-state index is 7.44. The molecule has 0 saturated carbocycles. The van der Waals surface area contributed by atoms with Gasteiger partial charge in [0.25, 0.3) is 0 Å². The summed E-state index contributed by atoms with van der Waals surface area (Å²) in [7, 11) is 0. The number of benzene rings is 12. The molecule has 1 heterocycles. The third-order valence-electron chi connectivity index (χ3n) is 16.4. The second-order valence-electron chi connectivity index (χ2n) is 20.8. The summed E-state index contributed by atoms with van der Waals surface area (Å²) in [5.74, 6) is 1.68. The lowest BCUT2D eigenvalue weighted by Gasteiger charge is -2.35. The normalized spacial score (nSPS) is 12.8. The van der Waals surface area contributed by atoms with Crippen molar-refractivity contribution in [2.45, 2.75) is 29.1 Å². The average Bonchev–Trinajstić information content (AvgIpc) is 2.13. The third-order valence-corrected chi connectivity index (χ3v) is 17.5. The van der Waals surface area contributed by atoms with E-state index in [1.54, 1.807) is 0 Å². The van der Waals surface area contributed by atoms with Gasteiger partial charge in [-0.1, -0.05) is 212 Å². The van der Waals surface area contributed by atoms with E-state index in [4.69, 9.17) is 4.74 Å². The van der Waals surface area contributed by atoms with Crippen molar-refractivity contribution in [1.82, 2.24) is 0 Å². The van der Waals surface area contributed by atoms with Crippen LogP contribution in [0.2, 0.25) is 0 Å². The van der Waals surface area contributed by atoms with Gasteiger partial charge in [-0.2, -0.15) is 0 Å². The smallest absolute Gasteiger partial charge is 0.166 e. The number of hydrogen-bond acceptors (Lipinski definition) is 4. The van der Waals surface area contributed by atoms with Gasteiger partial charge in [0.05, 0.1) is 20.9 Å². The highest BCUT2D eigenvalue weighted by Crippen LogP contribution is 2.68. The molecule has 3 nitrogen and oxygen atoms in total. The molecule has 2 aliphatic carbocycles. The van der Waals surface area contributed by atoms with E-state index in [0.29, 0.717) is 0 Å². The lowest BCUT2D eigenvalue weighted by Crippen LogP contribution is -2.27. The molecule has 0 fully saturated rings. The monoisotopic (exact) mass is 1030 g/mol. The molecule has 1 spiro atoms. The van der Waals surface area contributed by atoms with Crippen LogP contribution in [0.5, 0.6) is 11.5 Å². The SMILES string of the molecule is Cc1ccccc1-c1ccc(N(c2ccccc2)c2ccc3c(c2)C2(c4ccccc4-c4ccccc42)c2cc(N(c4ccc(-c5ccccc5)cc4)c4cccc(-c5ccccc5)c4)c4c(c2-3)Sc2ccccc2O4)cc1C. The molecule has 1 aliphatic heterocycles. The van der Waals surface area contributed by atoms with Gasteiger partial charge >= 0.3 is 0 Å². The first-order chi connectivity index (χ1) is 39.0. The van der Waals surface area contributed by atoms with Crippen LogP contribution in [-0.4, -0.2) is 0 Å². The Kier molecular flexibility index (Phi) is 11.1. The van der Waals surface area contributed by atoms with Crippen LogP contribution in [0.25, 0.3) is 55.6 Å². The lowest BCUT2D eigenvalue weighted by molar-refractivity contribution is 0.456. The highest BCUT2D eigenvalue weighted by Gasteiger charge is 2.54. The molecule has 0 aromatic heterocycles. The molecule has 4 heteroatoms. The molecule has 0 bridgehead atoms. The van der Waals surface area contributed by atoms with Gasteiger partial charge in [-0.25, -0.2) is 0 Å². The number of rotatable bonds is 9. The topological polar surface area (TPSA) is 15.7 Å². The summed E-state index contributed by atoms with van der Waals surface area (Å²) in [6, 6.07) is 102. The van der Waals surface area contributed by atoms with E-state index in [1.165, 1.54) is 72.3 Å². The molecule has 12 aromatic carbocycles. The van der Waals surface area contributed by atoms with Crippen molar-refractivity contribution in [2.24, 2.45) is 0 Å². The average molecular weight is 1030 g/mol. The maximum atomic E-state index is 7.44. The predicted octanol–water partition coefficient (Wildman–Crippen LogP) is 20.8. The van der Waals surface area contributed by atoms with Crippen molar-refractivity contribution in [2.75, 3.05) is 9.80 Å². The minimum atomic E-state index is -0.711. The van der Waals surface area contributed by atoms with Crippen molar-refractivity contribution < 1.29 is 4.74 Å². The summed E-state index contributed by atoms with van der Waals surface area (Å²) in [4.78, 5) is 7.06. The molecule has 15 rings (SSSR count). The van der Waals surface area contributed by atoms with Gasteiger partial charge in [0, 0.05) is 34.0 Å². The Morgan fingerprint density at radius 2 is 0.835 bits per heavy atom. The summed E-state index contributed by atoms with van der Waals surface area (Å²) in [6.45, 7) is 4.44. The standard InChI is InChI=1S/C75H52N2OS/c1-49-21-12-13-30-60(49)61-43-41-58(45-50(61)2)76(55-27-10-5-11-28-55)59-42-44-64-67(47-59)75(65-33-16-14-31-62(65)63-32-15-17-34-66(63)75)68-48-69(73-74(72(64)68)79-71-36-19-18-35-70(71)78-73)77(56-39-37-53(38-40-56)51-22-6-3-7-23-51)57-29-20-26-54(46-57)52-24-8-4-9-25-52/h3-48H,1-2H3. The molecule has 3 aliphatic rings. The Labute approximate surface area is 466 Å². The Hall–Kier alpha value is -9.61. The first-order valence-corrected chi connectivity index (χ1v) is 28.0. The largest absolute Gasteiger partial charge is 0.453 e. The summed E-state index contributed by atoms with van der Waals surface area (Å²) in [5, 5.41) is 0. The quantitative estimate of drug-likeness (QED) is 0.143. The van der Waals surface area contributed by atoms with Crippen LogP contribution in [0.1, 0.15) is 33.4 Å². The number of para-hydroxylation sites is 2. The highest BCUT2D eigenvalue weighted by atomic mass is 32.2. The Bertz CT molecular complexity index is 4300. The molecular formula is C75H52N2OS. The second-order valence-corrected chi connectivity index (χ2v) is 21.9. The van der Waals surface area contributed by atoms with Crippen LogP contribution < -0.4 is 14.5 Å². The minimum absolute atomic E-state index is 0.711. The molecule has 0 unspecified atom stereocenters. The Morgan fingerprint density at radius 1 is 0.329 bits per heavy atom. The molecule has 0 atom stereocenters. The zero-order valence-electron chi connectivity index (χ0n) is 43.8. The Morgan fingerprint density at radius 3 is 1.53 bits per heavy atom. The zero-order valence-corrected chi connectivity index (χ0v) is 44.6. The van der Waals surface area contributed by atoms with Gasteiger partial charge in [0.15, 0.2) is 5.75 Å². The van der Waals surface area contributed by atoms with Crippen molar-refractivity contribution >= 4 is 45.9 Å². The van der Waals surface area contributed by atoms with Crippen molar-refractivity contribution in [1.29, 1.82) is 0 Å². The molecule has 0 saturated heterocycles. The van der Waals surface area contributed by atoms with E-state index in [1.807, 2.05) is 11.8 Å². The van der Waals surface area contributed by atoms with E-state index in [9.17, 15) is 0 Å². The van der Waals surface area contributed by atoms with Crippen LogP contribution in [0.3, 0.4) is 0 Å². The minimum Gasteiger partial charge on any atom is -0.453 e. The molecule has 0 amide bonds. The molecule has 0 N–H and O–H groups in total. The third kappa shape index (κ3) is 7.51. The number of aryl methyl sites for hydroxylation is 2. The van der Waals surface area contributed by atoms with Crippen LogP contribution in [-0.2, 0) is 5.41 Å². The zero-order chi connectivity index (χ0) is 52.6. The molecule has 79 heavy (non-hydrogen) atoms. The van der Waals surface area contributed by atoms with E-state index in [0.717, 1.165) is 72.1 Å². The number of hydrogen-bond donors (Lipinski definition) is 0. The van der Waals surface area contributed by atoms with E-state index < -0.39 is 5.41 Å². The van der Waals surface area contributed by atoms with E-state index in [2.05, 4.69) is 303 Å². The number of anilines is 6. The number of fused-ring (bicyclic) bond motifs is 13. The highest BCUT2D eigenvalue weighted by molar-refractivity contribution is 7.99. The van der Waals surface area contributed by atoms with Crippen molar-refractivity contribution in [3.63, 3.8) is 0 Å². The molecule has 12 aromatic rings. The first-order valence-electron chi connectivity index (χ1n) is 27.1. The van der Waals surface area contributed by atoms with Gasteiger partial charge in [0.2, 0.25) is 0 Å². The second kappa shape index (κ2) is 18.8. The van der Waals surface area contributed by atoms with Crippen LogP contribution >= 0.6 is 11.8 Å². The summed E-state index contributed by atoms with van der Waals surface area (Å²) in [5.41, 5.74) is 25.2. The summed E-state index contributed by atoms with van der Waals surface area (Å²) >= 11 is 1.82. The van der Waals surface area contributed by atoms with E-state index in [-0.39, 0.29) is 0 Å². The lowest BCUT2D eigenvalue weighted by atomic mass is 9.70. The maximum Gasteiger partial charge on any atom is 0.166 e. The fraction of sp³-hybridized carbons (Fsp3) is 0.0400. The number of ether oxygens (including phenoxy) is 1. The van der Waals surface area contributed by atoms with Crippen molar-refractivity contribution in [3.8, 4) is 67.1 Å². The molecular weight excluding hydrogens is 977 g/mol. The van der Waals surface area contributed by atoms with Crippen LogP contribution in [0.4, 0.5) is 34.1 Å². The fourth-order valence-corrected chi connectivity index (χ4v) is 14.0. The van der Waals surface area contributed by atoms with Crippen LogP contribution in [0, 0.1) is 13.8 Å².